The molecule has 0 bridgehead atoms. The van der Waals surface area contributed by atoms with Crippen molar-refractivity contribution >= 4 is 27.4 Å². The van der Waals surface area contributed by atoms with Gasteiger partial charge in [0.1, 0.15) is 0 Å². The van der Waals surface area contributed by atoms with Gasteiger partial charge in [-0.3, -0.25) is 9.59 Å². The number of hydrogen-bond donors (Lipinski definition) is 0. The highest BCUT2D eigenvalue weighted by molar-refractivity contribution is 7.89. The first-order valence-corrected chi connectivity index (χ1v) is 15.1. The molecule has 0 spiro atoms. The maximum atomic E-state index is 13.6. The van der Waals surface area contributed by atoms with Crippen LogP contribution in [0.1, 0.15) is 36.5 Å². The number of amides is 1. The van der Waals surface area contributed by atoms with Crippen molar-refractivity contribution in [3.05, 3.63) is 23.8 Å². The minimum absolute atomic E-state index is 0.0288. The number of unbranched alkanes of at least 4 members (excludes halogenated alkanes) is 1. The number of fused-ring (bicyclic) bond motifs is 1. The first kappa shape index (κ1) is 32.5. The number of ketones is 1. The van der Waals surface area contributed by atoms with Crippen LogP contribution in [0, 0.1) is 0 Å². The van der Waals surface area contributed by atoms with Gasteiger partial charge in [0.25, 0.3) is 11.7 Å². The molecule has 0 aromatic heterocycles. The van der Waals surface area contributed by atoms with Gasteiger partial charge in [0.2, 0.25) is 10.0 Å². The third kappa shape index (κ3) is 8.52. The normalized spacial score (nSPS) is 19.6. The van der Waals surface area contributed by atoms with Crippen LogP contribution in [0.3, 0.4) is 0 Å². The average molecular weight is 587 g/mol. The molecule has 0 unspecified atom stereocenters. The van der Waals surface area contributed by atoms with Crippen molar-refractivity contribution < 1.29 is 46.4 Å². The van der Waals surface area contributed by atoms with E-state index in [9.17, 15) is 18.0 Å². The fourth-order valence-electron chi connectivity index (χ4n) is 4.68. The van der Waals surface area contributed by atoms with Crippen molar-refractivity contribution in [2.45, 2.75) is 43.2 Å². The Morgan fingerprint density at radius 2 is 1.55 bits per heavy atom. The summed E-state index contributed by atoms with van der Waals surface area (Å²) in [5.74, 6) is -1.30. The van der Waals surface area contributed by atoms with E-state index in [4.69, 9.17) is 28.4 Å². The van der Waals surface area contributed by atoms with E-state index in [1.165, 1.54) is 28.4 Å². The highest BCUT2D eigenvalue weighted by Crippen LogP contribution is 2.34. The lowest BCUT2D eigenvalue weighted by atomic mass is 10.1. The molecular weight excluding hydrogens is 544 g/mol. The van der Waals surface area contributed by atoms with Crippen molar-refractivity contribution in [3.63, 3.8) is 0 Å². The standard InChI is InChI=1S/C27H42N2O10S/c1-4-5-8-28-25-7-6-23(18-24(25)26(30)27(28)31)40(32,33)29-19-22(17-21(29)20-35-3)39-16-15-38-14-13-37-12-11-36-10-9-34-2/h6-7,18,21-22H,4-5,8-17,19-20H2,1-3H3/t21-,22-/m0/s1. The molecule has 2 aliphatic heterocycles. The topological polar surface area (TPSA) is 130 Å². The molecule has 2 atom stereocenters. The third-order valence-corrected chi connectivity index (χ3v) is 8.64. The van der Waals surface area contributed by atoms with Gasteiger partial charge in [-0.2, -0.15) is 4.31 Å². The van der Waals surface area contributed by atoms with Crippen LogP contribution >= 0.6 is 0 Å². The number of anilines is 1. The predicted molar refractivity (Wildman–Crippen MR) is 146 cm³/mol. The second kappa shape index (κ2) is 16.5. The summed E-state index contributed by atoms with van der Waals surface area (Å²) in [5.41, 5.74) is 0.580. The number of carbonyl (C=O) groups excluding carboxylic acids is 2. The van der Waals surface area contributed by atoms with Crippen LogP contribution in [-0.2, 0) is 43.2 Å². The lowest BCUT2D eigenvalue weighted by molar-refractivity contribution is -0.114. The predicted octanol–water partition coefficient (Wildman–Crippen LogP) is 1.51. The van der Waals surface area contributed by atoms with Crippen molar-refractivity contribution in [2.24, 2.45) is 0 Å². The second-order valence-electron chi connectivity index (χ2n) is 9.56. The van der Waals surface area contributed by atoms with E-state index in [2.05, 4.69) is 0 Å². The molecule has 0 aliphatic carbocycles. The summed E-state index contributed by atoms with van der Waals surface area (Å²) in [6, 6.07) is 3.90. The number of benzene rings is 1. The Hall–Kier alpha value is -1.97. The second-order valence-corrected chi connectivity index (χ2v) is 11.5. The average Bonchev–Trinajstić information content (AvgIpc) is 3.46. The monoisotopic (exact) mass is 586 g/mol. The zero-order chi connectivity index (χ0) is 29.0. The van der Waals surface area contributed by atoms with E-state index in [1.807, 2.05) is 6.92 Å². The van der Waals surface area contributed by atoms with Gasteiger partial charge in [-0.05, 0) is 31.0 Å². The molecular formula is C27H42N2O10S. The molecule has 40 heavy (non-hydrogen) atoms. The fourth-order valence-corrected chi connectivity index (χ4v) is 6.36. The van der Waals surface area contributed by atoms with Gasteiger partial charge in [0.15, 0.2) is 0 Å². The number of methoxy groups -OCH3 is 2. The van der Waals surface area contributed by atoms with E-state index >= 15 is 0 Å². The molecule has 3 rings (SSSR count). The SMILES string of the molecule is CCCCN1C(=O)C(=O)c2cc(S(=O)(=O)N3C[C@@H](OCCOCCOCCOCCOC)C[C@H]3COC)ccc21. The van der Waals surface area contributed by atoms with Gasteiger partial charge in [-0.25, -0.2) is 8.42 Å². The lowest BCUT2D eigenvalue weighted by Crippen LogP contribution is -2.38. The van der Waals surface area contributed by atoms with E-state index < -0.39 is 27.8 Å². The van der Waals surface area contributed by atoms with Crippen LogP contribution in [-0.4, -0.2) is 123 Å². The van der Waals surface area contributed by atoms with Crippen LogP contribution in [0.15, 0.2) is 23.1 Å². The van der Waals surface area contributed by atoms with Gasteiger partial charge in [-0.1, -0.05) is 13.3 Å². The Balaban J connectivity index is 1.50. The molecule has 2 aliphatic rings. The molecule has 0 radical (unpaired) electrons. The van der Waals surface area contributed by atoms with Crippen molar-refractivity contribution in [1.82, 2.24) is 4.31 Å². The van der Waals surface area contributed by atoms with Gasteiger partial charge < -0.3 is 33.3 Å². The van der Waals surface area contributed by atoms with Crippen LogP contribution in [0.2, 0.25) is 0 Å². The molecule has 1 fully saturated rings. The van der Waals surface area contributed by atoms with Crippen LogP contribution in [0.5, 0.6) is 0 Å². The minimum atomic E-state index is -3.97. The number of sulfonamides is 1. The zero-order valence-corrected chi connectivity index (χ0v) is 24.5. The van der Waals surface area contributed by atoms with Crippen molar-refractivity contribution in [3.8, 4) is 0 Å². The van der Waals surface area contributed by atoms with E-state index in [0.29, 0.717) is 71.5 Å². The number of rotatable bonds is 20. The van der Waals surface area contributed by atoms with Gasteiger partial charge >= 0.3 is 0 Å². The van der Waals surface area contributed by atoms with E-state index in [-0.39, 0.29) is 29.7 Å². The molecule has 12 nitrogen and oxygen atoms in total. The van der Waals surface area contributed by atoms with Crippen LogP contribution in [0.25, 0.3) is 0 Å². The number of hydrogen-bond acceptors (Lipinski definition) is 10. The fraction of sp³-hybridized carbons (Fsp3) is 0.704. The van der Waals surface area contributed by atoms with Crippen molar-refractivity contribution in [1.29, 1.82) is 0 Å². The molecule has 0 N–H and O–H groups in total. The summed E-state index contributed by atoms with van der Waals surface area (Å²) >= 11 is 0. The van der Waals surface area contributed by atoms with Gasteiger partial charge in [-0.15, -0.1) is 0 Å². The highest BCUT2D eigenvalue weighted by atomic mass is 32.2. The Bertz CT molecular complexity index is 1070. The van der Waals surface area contributed by atoms with Gasteiger partial charge in [0.05, 0.1) is 87.8 Å². The molecule has 1 amide bonds. The third-order valence-electron chi connectivity index (χ3n) is 6.73. The zero-order valence-electron chi connectivity index (χ0n) is 23.7. The van der Waals surface area contributed by atoms with Crippen LogP contribution in [0.4, 0.5) is 5.69 Å². The van der Waals surface area contributed by atoms with E-state index in [0.717, 1.165) is 12.8 Å². The minimum Gasteiger partial charge on any atom is -0.383 e. The summed E-state index contributed by atoms with van der Waals surface area (Å²) in [6.07, 6.45) is 1.75. The molecule has 0 saturated carbocycles. The number of Topliss-reactive ketones (excluding diaryl/α,β-unsaturated/α-hetero) is 1. The quantitative estimate of drug-likeness (QED) is 0.164. The lowest BCUT2D eigenvalue weighted by Gasteiger charge is -2.23. The van der Waals surface area contributed by atoms with Gasteiger partial charge in [0, 0.05) is 27.3 Å². The molecule has 1 aromatic rings. The maximum Gasteiger partial charge on any atom is 0.299 e. The first-order valence-electron chi connectivity index (χ1n) is 13.7. The summed E-state index contributed by atoms with van der Waals surface area (Å²) < 4.78 is 61.0. The Morgan fingerprint density at radius 1 is 0.900 bits per heavy atom. The Labute approximate surface area is 236 Å². The highest BCUT2D eigenvalue weighted by Gasteiger charge is 2.42. The summed E-state index contributed by atoms with van der Waals surface area (Å²) in [5, 5.41) is 0. The molecule has 1 aromatic carbocycles. The number of ether oxygens (including phenoxy) is 6. The number of carbonyl (C=O) groups is 2. The molecule has 226 valence electrons. The van der Waals surface area contributed by atoms with E-state index in [1.54, 1.807) is 13.2 Å². The summed E-state index contributed by atoms with van der Waals surface area (Å²) in [7, 11) is -0.830. The Morgan fingerprint density at radius 3 is 2.17 bits per heavy atom. The van der Waals surface area contributed by atoms with Crippen LogP contribution < -0.4 is 4.90 Å². The molecule has 1 saturated heterocycles. The number of nitrogens with zero attached hydrogens (tertiary/aromatic N) is 2. The molecule has 2 heterocycles. The Kier molecular flexibility index (Phi) is 13.4. The van der Waals surface area contributed by atoms with Crippen molar-refractivity contribution in [2.75, 3.05) is 91.7 Å². The largest absolute Gasteiger partial charge is 0.383 e. The molecule has 13 heteroatoms. The summed E-state index contributed by atoms with van der Waals surface area (Å²) in [6.45, 7) is 6.32. The maximum absolute atomic E-state index is 13.6. The smallest absolute Gasteiger partial charge is 0.299 e. The summed E-state index contributed by atoms with van der Waals surface area (Å²) in [4.78, 5) is 26.5. The first-order chi connectivity index (χ1) is 19.3.